The SMILES string of the molecule is CN=C(NCC(C)(C)c1ccccc1C)N1CCOC(c2cnn(C)c2)C1.I. The summed E-state index contributed by atoms with van der Waals surface area (Å²) in [4.78, 5) is 6.79. The van der Waals surface area contributed by atoms with E-state index in [-0.39, 0.29) is 35.5 Å². The number of benzene rings is 1. The molecule has 1 aliphatic rings. The summed E-state index contributed by atoms with van der Waals surface area (Å²) in [6.45, 7) is 9.82. The Morgan fingerprint density at radius 3 is 2.75 bits per heavy atom. The van der Waals surface area contributed by atoms with Gasteiger partial charge in [0.25, 0.3) is 0 Å². The molecule has 28 heavy (non-hydrogen) atoms. The number of morpholine rings is 1. The summed E-state index contributed by atoms with van der Waals surface area (Å²) in [6, 6.07) is 8.59. The number of rotatable bonds is 4. The molecule has 1 aliphatic heterocycles. The summed E-state index contributed by atoms with van der Waals surface area (Å²) in [7, 11) is 3.77. The Hall–Kier alpha value is -1.61. The van der Waals surface area contributed by atoms with E-state index in [9.17, 15) is 0 Å². The summed E-state index contributed by atoms with van der Waals surface area (Å²) in [6.07, 6.45) is 3.92. The number of hydrogen-bond acceptors (Lipinski definition) is 3. The number of aryl methyl sites for hydroxylation is 2. The van der Waals surface area contributed by atoms with Gasteiger partial charge in [0.1, 0.15) is 6.10 Å². The molecule has 1 unspecified atom stereocenters. The van der Waals surface area contributed by atoms with Crippen molar-refractivity contribution in [3.63, 3.8) is 0 Å². The summed E-state index contributed by atoms with van der Waals surface area (Å²) in [5.74, 6) is 0.925. The van der Waals surface area contributed by atoms with E-state index in [2.05, 4.69) is 65.3 Å². The Bertz CT molecular complexity index is 802. The molecule has 1 fully saturated rings. The van der Waals surface area contributed by atoms with Gasteiger partial charge in [-0.3, -0.25) is 9.67 Å². The Balaban J connectivity index is 0.00000280. The number of ether oxygens (including phenoxy) is 1. The number of aliphatic imine (C=N–C) groups is 1. The summed E-state index contributed by atoms with van der Waals surface area (Å²) in [5.41, 5.74) is 3.81. The minimum absolute atomic E-state index is 0. The van der Waals surface area contributed by atoms with E-state index in [4.69, 9.17) is 4.74 Å². The zero-order valence-electron chi connectivity index (χ0n) is 17.5. The van der Waals surface area contributed by atoms with Crippen LogP contribution in [-0.2, 0) is 17.2 Å². The number of halogens is 1. The Morgan fingerprint density at radius 2 is 2.11 bits per heavy atom. The fourth-order valence-electron chi connectivity index (χ4n) is 3.71. The summed E-state index contributed by atoms with van der Waals surface area (Å²) < 4.78 is 7.77. The van der Waals surface area contributed by atoms with Gasteiger partial charge in [-0.1, -0.05) is 38.1 Å². The van der Waals surface area contributed by atoms with Gasteiger partial charge < -0.3 is 15.0 Å². The van der Waals surface area contributed by atoms with Crippen LogP contribution in [0.2, 0.25) is 0 Å². The third kappa shape index (κ3) is 5.26. The monoisotopic (exact) mass is 497 g/mol. The number of nitrogens with one attached hydrogen (secondary N) is 1. The smallest absolute Gasteiger partial charge is 0.193 e. The molecule has 1 atom stereocenters. The number of hydrogen-bond donors (Lipinski definition) is 1. The summed E-state index contributed by atoms with van der Waals surface area (Å²) >= 11 is 0. The van der Waals surface area contributed by atoms with Gasteiger partial charge >= 0.3 is 0 Å². The van der Waals surface area contributed by atoms with Crippen molar-refractivity contribution in [2.24, 2.45) is 12.0 Å². The van der Waals surface area contributed by atoms with E-state index in [1.165, 1.54) is 11.1 Å². The van der Waals surface area contributed by atoms with Crippen LogP contribution in [0.15, 0.2) is 41.7 Å². The van der Waals surface area contributed by atoms with Crippen LogP contribution >= 0.6 is 24.0 Å². The highest BCUT2D eigenvalue weighted by Crippen LogP contribution is 2.26. The highest BCUT2D eigenvalue weighted by atomic mass is 127. The molecule has 2 heterocycles. The standard InChI is InChI=1S/C21H31N5O.HI/c1-16-8-6-7-9-18(16)21(2,3)15-23-20(22-4)26-10-11-27-19(14-26)17-12-24-25(5)13-17;/h6-9,12-13,19H,10-11,14-15H2,1-5H3,(H,22,23);1H. The molecule has 1 aromatic heterocycles. The number of guanidine groups is 1. The van der Waals surface area contributed by atoms with Crippen LogP contribution in [0.1, 0.15) is 36.6 Å². The molecular formula is C21H32IN5O. The first-order chi connectivity index (χ1) is 12.9. The third-order valence-electron chi connectivity index (χ3n) is 5.24. The molecule has 1 aromatic carbocycles. The zero-order chi connectivity index (χ0) is 19.4. The first-order valence-electron chi connectivity index (χ1n) is 9.52. The molecule has 0 bridgehead atoms. The largest absolute Gasteiger partial charge is 0.370 e. The third-order valence-corrected chi connectivity index (χ3v) is 5.24. The van der Waals surface area contributed by atoms with Crippen LogP contribution in [0, 0.1) is 6.92 Å². The van der Waals surface area contributed by atoms with Gasteiger partial charge in [-0.15, -0.1) is 24.0 Å². The molecule has 1 saturated heterocycles. The molecule has 0 saturated carbocycles. The average Bonchev–Trinajstić information content (AvgIpc) is 3.09. The van der Waals surface area contributed by atoms with Crippen molar-refractivity contribution < 1.29 is 4.74 Å². The minimum atomic E-state index is 0. The van der Waals surface area contributed by atoms with Crippen LogP contribution in [0.3, 0.4) is 0 Å². The second-order valence-corrected chi connectivity index (χ2v) is 7.85. The van der Waals surface area contributed by atoms with Crippen molar-refractivity contribution in [2.45, 2.75) is 32.3 Å². The van der Waals surface area contributed by atoms with Crippen molar-refractivity contribution >= 4 is 29.9 Å². The second-order valence-electron chi connectivity index (χ2n) is 7.85. The highest BCUT2D eigenvalue weighted by Gasteiger charge is 2.27. The van der Waals surface area contributed by atoms with E-state index in [0.717, 1.165) is 31.2 Å². The van der Waals surface area contributed by atoms with Crippen LogP contribution < -0.4 is 5.32 Å². The van der Waals surface area contributed by atoms with Crippen molar-refractivity contribution in [3.05, 3.63) is 53.3 Å². The maximum atomic E-state index is 5.95. The minimum Gasteiger partial charge on any atom is -0.370 e. The lowest BCUT2D eigenvalue weighted by molar-refractivity contribution is -0.00808. The normalized spacial score (nSPS) is 18.0. The molecule has 3 rings (SSSR count). The van der Waals surface area contributed by atoms with E-state index in [0.29, 0.717) is 6.61 Å². The first-order valence-corrected chi connectivity index (χ1v) is 9.52. The molecule has 0 aliphatic carbocycles. The molecule has 1 N–H and O–H groups in total. The molecule has 0 amide bonds. The Morgan fingerprint density at radius 1 is 1.36 bits per heavy atom. The second kappa shape index (κ2) is 9.73. The molecule has 2 aromatic rings. The van der Waals surface area contributed by atoms with E-state index >= 15 is 0 Å². The fourth-order valence-corrected chi connectivity index (χ4v) is 3.71. The van der Waals surface area contributed by atoms with Gasteiger partial charge in [-0.2, -0.15) is 5.10 Å². The lowest BCUT2D eigenvalue weighted by atomic mass is 9.82. The maximum absolute atomic E-state index is 5.95. The molecule has 0 spiro atoms. The molecule has 7 heteroatoms. The van der Waals surface area contributed by atoms with E-state index in [1.807, 2.05) is 31.2 Å². The quantitative estimate of drug-likeness (QED) is 0.401. The van der Waals surface area contributed by atoms with Crippen molar-refractivity contribution in [3.8, 4) is 0 Å². The lowest BCUT2D eigenvalue weighted by Crippen LogP contribution is -2.50. The average molecular weight is 497 g/mol. The Kier molecular flexibility index (Phi) is 7.88. The van der Waals surface area contributed by atoms with Crippen LogP contribution in [-0.4, -0.2) is 53.9 Å². The van der Waals surface area contributed by atoms with Crippen LogP contribution in [0.4, 0.5) is 0 Å². The predicted octanol–water partition coefficient (Wildman–Crippen LogP) is 3.27. The molecular weight excluding hydrogens is 465 g/mol. The first kappa shape index (κ1) is 22.7. The van der Waals surface area contributed by atoms with Crippen LogP contribution in [0.5, 0.6) is 0 Å². The topological polar surface area (TPSA) is 54.7 Å². The molecule has 0 radical (unpaired) electrons. The van der Waals surface area contributed by atoms with Gasteiger partial charge in [0, 0.05) is 44.4 Å². The van der Waals surface area contributed by atoms with Gasteiger partial charge in [0.15, 0.2) is 5.96 Å². The van der Waals surface area contributed by atoms with Crippen molar-refractivity contribution in [1.29, 1.82) is 0 Å². The van der Waals surface area contributed by atoms with Gasteiger partial charge in [0.2, 0.25) is 0 Å². The lowest BCUT2D eigenvalue weighted by Gasteiger charge is -2.36. The predicted molar refractivity (Wildman–Crippen MR) is 124 cm³/mol. The molecule has 154 valence electrons. The zero-order valence-corrected chi connectivity index (χ0v) is 19.8. The fraction of sp³-hybridized carbons (Fsp3) is 0.524. The highest BCUT2D eigenvalue weighted by molar-refractivity contribution is 14.0. The Labute approximate surface area is 185 Å². The van der Waals surface area contributed by atoms with E-state index < -0.39 is 0 Å². The van der Waals surface area contributed by atoms with Crippen molar-refractivity contribution in [2.75, 3.05) is 33.3 Å². The van der Waals surface area contributed by atoms with E-state index in [1.54, 1.807) is 0 Å². The van der Waals surface area contributed by atoms with Gasteiger partial charge in [0.05, 0.1) is 19.3 Å². The molecule has 6 nitrogen and oxygen atoms in total. The number of nitrogens with zero attached hydrogens (tertiary/aromatic N) is 4. The maximum Gasteiger partial charge on any atom is 0.193 e. The van der Waals surface area contributed by atoms with Crippen LogP contribution in [0.25, 0.3) is 0 Å². The summed E-state index contributed by atoms with van der Waals surface area (Å²) in [5, 5.41) is 7.85. The van der Waals surface area contributed by atoms with Crippen molar-refractivity contribution in [1.82, 2.24) is 20.0 Å². The van der Waals surface area contributed by atoms with Gasteiger partial charge in [-0.25, -0.2) is 0 Å². The number of aromatic nitrogens is 2. The van der Waals surface area contributed by atoms with Gasteiger partial charge in [-0.05, 0) is 18.1 Å².